The summed E-state index contributed by atoms with van der Waals surface area (Å²) in [6, 6.07) is 0. The SMILES string of the molecule is O=C(O)C1(C(O)O)CCC1. The lowest BCUT2D eigenvalue weighted by atomic mass is 9.68. The number of rotatable bonds is 2. The Labute approximate surface area is 58.1 Å². The van der Waals surface area contributed by atoms with E-state index in [9.17, 15) is 4.79 Å². The molecule has 1 fully saturated rings. The van der Waals surface area contributed by atoms with Crippen molar-refractivity contribution in [1.82, 2.24) is 0 Å². The van der Waals surface area contributed by atoms with Crippen molar-refractivity contribution in [2.75, 3.05) is 0 Å². The fraction of sp³-hybridized carbons (Fsp3) is 0.833. The normalized spacial score (nSPS) is 22.3. The van der Waals surface area contributed by atoms with Gasteiger partial charge in [-0.05, 0) is 12.8 Å². The summed E-state index contributed by atoms with van der Waals surface area (Å²) < 4.78 is 0. The van der Waals surface area contributed by atoms with E-state index in [2.05, 4.69) is 0 Å². The number of aliphatic carboxylic acids is 1. The third-order valence-corrected chi connectivity index (χ3v) is 2.17. The lowest BCUT2D eigenvalue weighted by Gasteiger charge is -2.38. The van der Waals surface area contributed by atoms with Crippen LogP contribution in [0.5, 0.6) is 0 Å². The van der Waals surface area contributed by atoms with Gasteiger partial charge in [-0.3, -0.25) is 4.79 Å². The first-order valence-corrected chi connectivity index (χ1v) is 3.19. The quantitative estimate of drug-likeness (QED) is 0.461. The maximum Gasteiger partial charge on any atom is 0.314 e. The van der Waals surface area contributed by atoms with Gasteiger partial charge in [0.05, 0.1) is 0 Å². The number of carboxylic acid groups (broad SMARTS) is 1. The fourth-order valence-electron chi connectivity index (χ4n) is 1.14. The summed E-state index contributed by atoms with van der Waals surface area (Å²) in [7, 11) is 0. The molecule has 0 radical (unpaired) electrons. The third kappa shape index (κ3) is 0.803. The summed E-state index contributed by atoms with van der Waals surface area (Å²) in [4.78, 5) is 10.4. The second-order valence-corrected chi connectivity index (χ2v) is 2.69. The number of aliphatic hydroxyl groups excluding tert-OH is 1. The summed E-state index contributed by atoms with van der Waals surface area (Å²) >= 11 is 0. The Kier molecular flexibility index (Phi) is 1.66. The Morgan fingerprint density at radius 2 is 1.90 bits per heavy atom. The molecule has 0 spiro atoms. The Morgan fingerprint density at radius 3 is 1.90 bits per heavy atom. The summed E-state index contributed by atoms with van der Waals surface area (Å²) in [5.41, 5.74) is -1.25. The zero-order valence-electron chi connectivity index (χ0n) is 5.45. The van der Waals surface area contributed by atoms with Crippen LogP contribution in [-0.4, -0.2) is 27.6 Å². The average molecular weight is 146 g/mol. The van der Waals surface area contributed by atoms with E-state index in [0.717, 1.165) is 6.42 Å². The van der Waals surface area contributed by atoms with Crippen LogP contribution in [-0.2, 0) is 4.79 Å². The Morgan fingerprint density at radius 1 is 1.40 bits per heavy atom. The molecule has 1 rings (SSSR count). The van der Waals surface area contributed by atoms with E-state index >= 15 is 0 Å². The van der Waals surface area contributed by atoms with E-state index < -0.39 is 17.7 Å². The van der Waals surface area contributed by atoms with Gasteiger partial charge in [-0.15, -0.1) is 0 Å². The van der Waals surface area contributed by atoms with Crippen molar-refractivity contribution < 1.29 is 20.1 Å². The number of hydrogen-bond acceptors (Lipinski definition) is 3. The largest absolute Gasteiger partial charge is 0.481 e. The van der Waals surface area contributed by atoms with Crippen LogP contribution in [0.2, 0.25) is 0 Å². The highest BCUT2D eigenvalue weighted by Crippen LogP contribution is 2.43. The molecule has 0 atom stereocenters. The van der Waals surface area contributed by atoms with Gasteiger partial charge >= 0.3 is 5.97 Å². The fourth-order valence-corrected chi connectivity index (χ4v) is 1.14. The average Bonchev–Trinajstić information content (AvgIpc) is 1.57. The van der Waals surface area contributed by atoms with Gasteiger partial charge in [0, 0.05) is 0 Å². The number of aliphatic hydroxyl groups is 2. The van der Waals surface area contributed by atoms with Gasteiger partial charge in [0.1, 0.15) is 5.41 Å². The van der Waals surface area contributed by atoms with E-state index in [4.69, 9.17) is 15.3 Å². The highest BCUT2D eigenvalue weighted by atomic mass is 16.5. The van der Waals surface area contributed by atoms with Crippen LogP contribution >= 0.6 is 0 Å². The van der Waals surface area contributed by atoms with Gasteiger partial charge < -0.3 is 15.3 Å². The second kappa shape index (κ2) is 2.21. The van der Waals surface area contributed by atoms with E-state index in [0.29, 0.717) is 12.8 Å². The molecule has 4 heteroatoms. The number of hydrogen-bond donors (Lipinski definition) is 3. The smallest absolute Gasteiger partial charge is 0.314 e. The highest BCUT2D eigenvalue weighted by Gasteiger charge is 2.49. The molecule has 58 valence electrons. The summed E-state index contributed by atoms with van der Waals surface area (Å²) in [6.07, 6.45) is -0.192. The van der Waals surface area contributed by atoms with E-state index in [1.807, 2.05) is 0 Å². The Hall–Kier alpha value is -0.610. The molecule has 0 aromatic heterocycles. The van der Waals surface area contributed by atoms with Gasteiger partial charge in [-0.2, -0.15) is 0 Å². The van der Waals surface area contributed by atoms with E-state index in [1.165, 1.54) is 0 Å². The summed E-state index contributed by atoms with van der Waals surface area (Å²) in [6.45, 7) is 0. The molecule has 4 nitrogen and oxygen atoms in total. The summed E-state index contributed by atoms with van der Waals surface area (Å²) in [5.74, 6) is -1.10. The molecule has 0 heterocycles. The molecule has 0 aliphatic heterocycles. The van der Waals surface area contributed by atoms with E-state index in [-0.39, 0.29) is 0 Å². The van der Waals surface area contributed by atoms with Crippen molar-refractivity contribution in [3.8, 4) is 0 Å². The molecule has 1 saturated carbocycles. The molecular formula is C6H10O4. The molecule has 0 bridgehead atoms. The van der Waals surface area contributed by atoms with Crippen LogP contribution in [0.4, 0.5) is 0 Å². The van der Waals surface area contributed by atoms with Gasteiger partial charge in [-0.1, -0.05) is 6.42 Å². The standard InChI is InChI=1S/C6H10O4/c7-4(8)6(5(9)10)2-1-3-6/h4,7-8H,1-3H2,(H,9,10). The predicted octanol–water partition coefficient (Wildman–Crippen LogP) is -0.448. The summed E-state index contributed by atoms with van der Waals surface area (Å²) in [5, 5.41) is 25.9. The predicted molar refractivity (Wildman–Crippen MR) is 32.1 cm³/mol. The molecule has 10 heavy (non-hydrogen) atoms. The highest BCUT2D eigenvalue weighted by molar-refractivity contribution is 5.76. The minimum atomic E-state index is -1.71. The number of carboxylic acids is 1. The van der Waals surface area contributed by atoms with Crippen molar-refractivity contribution in [3.63, 3.8) is 0 Å². The molecule has 0 amide bonds. The second-order valence-electron chi connectivity index (χ2n) is 2.69. The third-order valence-electron chi connectivity index (χ3n) is 2.17. The van der Waals surface area contributed by atoms with Gasteiger partial charge in [-0.25, -0.2) is 0 Å². The lowest BCUT2D eigenvalue weighted by molar-refractivity contribution is -0.197. The topological polar surface area (TPSA) is 77.8 Å². The molecule has 3 N–H and O–H groups in total. The Bertz CT molecular complexity index is 148. The monoisotopic (exact) mass is 146 g/mol. The van der Waals surface area contributed by atoms with Crippen LogP contribution in [0.25, 0.3) is 0 Å². The van der Waals surface area contributed by atoms with E-state index in [1.54, 1.807) is 0 Å². The first-order chi connectivity index (χ1) is 4.59. The van der Waals surface area contributed by atoms with Crippen LogP contribution in [0.15, 0.2) is 0 Å². The van der Waals surface area contributed by atoms with Crippen molar-refractivity contribution in [2.24, 2.45) is 5.41 Å². The maximum absolute atomic E-state index is 10.4. The maximum atomic E-state index is 10.4. The Balaban J connectivity index is 2.68. The zero-order valence-corrected chi connectivity index (χ0v) is 5.45. The minimum absolute atomic E-state index is 0.375. The van der Waals surface area contributed by atoms with Crippen LogP contribution in [0.1, 0.15) is 19.3 Å². The van der Waals surface area contributed by atoms with Gasteiger partial charge in [0.2, 0.25) is 0 Å². The van der Waals surface area contributed by atoms with Crippen molar-refractivity contribution in [3.05, 3.63) is 0 Å². The van der Waals surface area contributed by atoms with Crippen LogP contribution in [0, 0.1) is 5.41 Å². The molecular weight excluding hydrogens is 136 g/mol. The van der Waals surface area contributed by atoms with Crippen molar-refractivity contribution in [2.45, 2.75) is 25.6 Å². The first-order valence-electron chi connectivity index (χ1n) is 3.19. The van der Waals surface area contributed by atoms with Crippen LogP contribution < -0.4 is 0 Å². The van der Waals surface area contributed by atoms with Crippen molar-refractivity contribution in [1.29, 1.82) is 0 Å². The molecule has 1 aliphatic rings. The molecule has 0 aromatic carbocycles. The van der Waals surface area contributed by atoms with Gasteiger partial charge in [0.25, 0.3) is 0 Å². The minimum Gasteiger partial charge on any atom is -0.481 e. The van der Waals surface area contributed by atoms with Crippen LogP contribution in [0.3, 0.4) is 0 Å². The van der Waals surface area contributed by atoms with Crippen molar-refractivity contribution >= 4 is 5.97 Å². The van der Waals surface area contributed by atoms with Gasteiger partial charge in [0.15, 0.2) is 6.29 Å². The first kappa shape index (κ1) is 7.50. The molecule has 0 aromatic rings. The number of carbonyl (C=O) groups is 1. The molecule has 1 aliphatic carbocycles. The zero-order chi connectivity index (χ0) is 7.78. The lowest BCUT2D eigenvalue weighted by Crippen LogP contribution is -2.47. The molecule has 0 saturated heterocycles. The molecule has 0 unspecified atom stereocenters.